The maximum Gasteiger partial charge on any atom is 0.492 e. The number of benzene rings is 2. The molecular weight excluding hydrogens is 556 g/mol. The van der Waals surface area contributed by atoms with Gasteiger partial charge in [-0.3, -0.25) is 0 Å². The minimum absolute atomic E-state index is 0.247. The Labute approximate surface area is 243 Å². The average molecular weight is 584 g/mol. The molecular formula is C32H27N2O7S+. The van der Waals surface area contributed by atoms with Crippen molar-refractivity contribution < 1.29 is 42.5 Å². The van der Waals surface area contributed by atoms with Crippen LogP contribution in [0.25, 0.3) is 11.4 Å². The zero-order valence-corrected chi connectivity index (χ0v) is 23.4. The van der Waals surface area contributed by atoms with E-state index in [-0.39, 0.29) is 26.4 Å². The third-order valence-electron chi connectivity index (χ3n) is 6.88. The fraction of sp³-hybridized carbons (Fsp3) is 0.188. The molecule has 1 aliphatic rings. The van der Waals surface area contributed by atoms with Crippen LogP contribution < -0.4 is 9.13 Å². The molecule has 10 heteroatoms. The first-order valence-electron chi connectivity index (χ1n) is 12.9. The Morgan fingerprint density at radius 2 is 1.12 bits per heavy atom. The van der Waals surface area contributed by atoms with E-state index in [0.717, 1.165) is 5.56 Å². The van der Waals surface area contributed by atoms with Gasteiger partial charge in [0.25, 0.3) is 11.4 Å². The molecule has 0 saturated heterocycles. The molecule has 0 amide bonds. The monoisotopic (exact) mass is 583 g/mol. The first kappa shape index (κ1) is 29.1. The van der Waals surface area contributed by atoms with E-state index in [1.54, 1.807) is 51.7 Å². The number of rotatable bonds is 5. The van der Waals surface area contributed by atoms with Crippen LogP contribution in [0.3, 0.4) is 0 Å². The molecule has 9 nitrogen and oxygen atoms in total. The summed E-state index contributed by atoms with van der Waals surface area (Å²) in [6.45, 7) is 0.890. The van der Waals surface area contributed by atoms with Crippen molar-refractivity contribution in [2.45, 2.75) is 43.9 Å². The quantitative estimate of drug-likeness (QED) is 0.154. The fourth-order valence-electron chi connectivity index (χ4n) is 4.94. The lowest BCUT2D eigenvalue weighted by molar-refractivity contribution is -0.928. The van der Waals surface area contributed by atoms with Gasteiger partial charge in [-0.25, -0.2) is 8.42 Å². The first-order valence-corrected chi connectivity index (χ1v) is 14.3. The normalized spacial score (nSPS) is 12.9. The van der Waals surface area contributed by atoms with Gasteiger partial charge in [0.15, 0.2) is 12.4 Å². The van der Waals surface area contributed by atoms with Crippen molar-refractivity contribution >= 4 is 10.1 Å². The topological polar surface area (TPSA) is 146 Å². The van der Waals surface area contributed by atoms with Crippen LogP contribution in [0.5, 0.6) is 0 Å². The van der Waals surface area contributed by atoms with E-state index in [4.69, 9.17) is 0 Å². The summed E-state index contributed by atoms with van der Waals surface area (Å²) in [5.41, 5.74) is 3.71. The summed E-state index contributed by atoms with van der Waals surface area (Å²) < 4.78 is 39.2. The van der Waals surface area contributed by atoms with Crippen LogP contribution in [0.15, 0.2) is 78.0 Å². The van der Waals surface area contributed by atoms with E-state index >= 15 is 0 Å². The highest BCUT2D eigenvalue weighted by atomic mass is 32.2. The maximum absolute atomic E-state index is 11.9. The third-order valence-corrected chi connectivity index (χ3v) is 7.71. The molecule has 5 rings (SSSR count). The van der Waals surface area contributed by atoms with Crippen LogP contribution >= 0.6 is 0 Å². The van der Waals surface area contributed by atoms with Crippen LogP contribution in [0.1, 0.15) is 38.9 Å². The maximum atomic E-state index is 11.9. The largest absolute Gasteiger partial charge is 0.744 e. The van der Waals surface area contributed by atoms with Gasteiger partial charge in [0, 0.05) is 35.4 Å². The zero-order valence-electron chi connectivity index (χ0n) is 22.6. The Bertz CT molecular complexity index is 1830. The number of aliphatic hydroxyl groups is 4. The summed E-state index contributed by atoms with van der Waals surface area (Å²) in [6.07, 6.45) is 3.23. The fourth-order valence-corrected chi connectivity index (χ4v) is 5.43. The number of fused-ring (bicyclic) bond motifs is 3. The molecule has 212 valence electrons. The van der Waals surface area contributed by atoms with Crippen molar-refractivity contribution in [3.05, 3.63) is 112 Å². The summed E-state index contributed by atoms with van der Waals surface area (Å²) >= 11 is 0. The van der Waals surface area contributed by atoms with Gasteiger partial charge >= 0.3 is 5.66 Å². The minimum Gasteiger partial charge on any atom is -0.744 e. The number of aromatic nitrogens is 2. The number of pyridine rings is 2. The van der Waals surface area contributed by atoms with Crippen LogP contribution in [-0.2, 0) is 42.2 Å². The molecule has 0 bridgehead atoms. The molecule has 0 aliphatic carbocycles. The molecule has 0 spiro atoms. The Hall–Kier alpha value is -4.39. The lowest BCUT2D eigenvalue weighted by Crippen LogP contribution is -2.68. The van der Waals surface area contributed by atoms with Gasteiger partial charge in [-0.15, -0.1) is 9.13 Å². The van der Waals surface area contributed by atoms with E-state index in [2.05, 4.69) is 23.7 Å². The second-order valence-corrected chi connectivity index (χ2v) is 11.3. The van der Waals surface area contributed by atoms with Crippen molar-refractivity contribution in [2.75, 3.05) is 0 Å². The Balaban J connectivity index is 1.83. The van der Waals surface area contributed by atoms with Gasteiger partial charge in [-0.05, 0) is 59.0 Å². The second-order valence-electron chi connectivity index (χ2n) is 9.91. The Kier molecular flexibility index (Phi) is 7.95. The SMILES string of the molecule is Cc1cc[n+]2c(c1)-c1cc(S(=O)(=O)[O-])cc[n+]1C2(C#Cc1cc(CO)cc(CO)c1)C#Cc1cc(CO)cc(CO)c1. The molecule has 4 N–H and O–H groups in total. The van der Waals surface area contributed by atoms with E-state index in [0.29, 0.717) is 44.8 Å². The smallest absolute Gasteiger partial charge is 0.492 e. The molecule has 2 aromatic heterocycles. The number of aryl methyl sites for hydroxylation is 1. The summed E-state index contributed by atoms with van der Waals surface area (Å²) in [7, 11) is -4.76. The van der Waals surface area contributed by atoms with Crippen molar-refractivity contribution in [1.29, 1.82) is 0 Å². The van der Waals surface area contributed by atoms with E-state index < -0.39 is 20.7 Å². The molecule has 0 fully saturated rings. The van der Waals surface area contributed by atoms with Crippen LogP contribution in [-0.4, -0.2) is 33.4 Å². The van der Waals surface area contributed by atoms with Gasteiger partial charge < -0.3 is 25.0 Å². The van der Waals surface area contributed by atoms with Crippen molar-refractivity contribution in [1.82, 2.24) is 0 Å². The molecule has 3 heterocycles. The Morgan fingerprint density at radius 1 is 0.690 bits per heavy atom. The predicted octanol–water partition coefficient (Wildman–Crippen LogP) is 0.728. The molecule has 0 atom stereocenters. The van der Waals surface area contributed by atoms with Crippen molar-refractivity contribution in [2.24, 2.45) is 0 Å². The predicted molar refractivity (Wildman–Crippen MR) is 149 cm³/mol. The lowest BCUT2D eigenvalue weighted by atomic mass is 10.0. The minimum atomic E-state index is -4.76. The highest BCUT2D eigenvalue weighted by Gasteiger charge is 2.58. The van der Waals surface area contributed by atoms with E-state index in [1.165, 1.54) is 18.3 Å². The van der Waals surface area contributed by atoms with Crippen LogP contribution in [0.4, 0.5) is 0 Å². The lowest BCUT2D eigenvalue weighted by Gasteiger charge is -2.09. The van der Waals surface area contributed by atoms with Crippen molar-refractivity contribution in [3.63, 3.8) is 0 Å². The Morgan fingerprint density at radius 3 is 1.55 bits per heavy atom. The van der Waals surface area contributed by atoms with E-state index in [1.807, 2.05) is 19.1 Å². The average Bonchev–Trinajstić information content (AvgIpc) is 3.26. The summed E-state index contributed by atoms with van der Waals surface area (Å²) in [5.74, 6) is 12.7. The highest BCUT2D eigenvalue weighted by Crippen LogP contribution is 2.26. The molecule has 1 aliphatic heterocycles. The molecule has 0 saturated carbocycles. The van der Waals surface area contributed by atoms with E-state index in [9.17, 15) is 33.4 Å². The molecule has 42 heavy (non-hydrogen) atoms. The van der Waals surface area contributed by atoms with Gasteiger partial charge in [-0.1, -0.05) is 24.0 Å². The third kappa shape index (κ3) is 5.56. The summed E-state index contributed by atoms with van der Waals surface area (Å²) in [5, 5.41) is 38.9. The first-order chi connectivity index (χ1) is 20.1. The number of hydrogen-bond donors (Lipinski definition) is 4. The summed E-state index contributed by atoms with van der Waals surface area (Å²) in [4.78, 5) is -0.398. The molecule has 2 aromatic carbocycles. The molecule has 4 aromatic rings. The van der Waals surface area contributed by atoms with Gasteiger partial charge in [0.1, 0.15) is 10.1 Å². The number of hydrogen-bond acceptors (Lipinski definition) is 7. The molecule has 0 unspecified atom stereocenters. The standard InChI is InChI=1S/C32H27N2O7S/c1-22-4-8-33-30(10-22)31-17-29(42(39,40)41)5-9-34(31)32(33,6-2-23-11-25(18-35)15-26(12-23)19-36)7-3-24-13-27(20-37)16-28(14-24)21-38/h4-5,8-17,35-38H,18-21H2,1H3/q+1. The number of aliphatic hydroxyl groups excluding tert-OH is 4. The van der Waals surface area contributed by atoms with Crippen molar-refractivity contribution in [3.8, 4) is 35.1 Å². The number of nitrogens with zero attached hydrogens (tertiary/aromatic N) is 2. The summed E-state index contributed by atoms with van der Waals surface area (Å²) in [6, 6.07) is 16.3. The molecule has 0 radical (unpaired) electrons. The highest BCUT2D eigenvalue weighted by molar-refractivity contribution is 7.85. The zero-order chi connectivity index (χ0) is 30.1. The second kappa shape index (κ2) is 11.5. The van der Waals surface area contributed by atoms with Crippen LogP contribution in [0, 0.1) is 30.6 Å². The van der Waals surface area contributed by atoms with Gasteiger partial charge in [0.05, 0.1) is 43.2 Å². The van der Waals surface area contributed by atoms with Gasteiger partial charge in [0.2, 0.25) is 0 Å². The van der Waals surface area contributed by atoms with Crippen LogP contribution in [0.2, 0.25) is 0 Å². The van der Waals surface area contributed by atoms with Gasteiger partial charge in [-0.2, -0.15) is 0 Å².